The molecule has 2 aromatic rings. The van der Waals surface area contributed by atoms with Crippen LogP contribution in [0.4, 0.5) is 10.8 Å². The van der Waals surface area contributed by atoms with Crippen molar-refractivity contribution < 1.29 is 9.53 Å². The number of benzene rings is 1. The number of carbonyl (C=O) groups excluding carboxylic acids is 1. The SMILES string of the molecule is CCc1cc(Br)ccc1Nc1nc(C(=O)OC)c(C)s1. The Kier molecular flexibility index (Phi) is 4.77. The van der Waals surface area contributed by atoms with Gasteiger partial charge in [-0.25, -0.2) is 9.78 Å². The molecular weight excluding hydrogens is 340 g/mol. The van der Waals surface area contributed by atoms with Crippen LogP contribution in [0.2, 0.25) is 0 Å². The number of hydrogen-bond donors (Lipinski definition) is 1. The molecule has 0 aliphatic heterocycles. The van der Waals surface area contributed by atoms with Crippen molar-refractivity contribution in [2.45, 2.75) is 20.3 Å². The standard InChI is InChI=1S/C14H15BrN2O2S/c1-4-9-7-10(15)5-6-11(9)16-14-17-12(8(2)20-14)13(18)19-3/h5-7H,4H2,1-3H3,(H,16,17). The average Bonchev–Trinajstić information content (AvgIpc) is 2.80. The number of aryl methyl sites for hydroxylation is 2. The molecule has 4 nitrogen and oxygen atoms in total. The summed E-state index contributed by atoms with van der Waals surface area (Å²) in [7, 11) is 1.36. The smallest absolute Gasteiger partial charge is 0.357 e. The first-order valence-corrected chi connectivity index (χ1v) is 7.77. The molecule has 1 aromatic heterocycles. The highest BCUT2D eigenvalue weighted by molar-refractivity contribution is 9.10. The number of anilines is 2. The van der Waals surface area contributed by atoms with Crippen molar-refractivity contribution in [3.8, 4) is 0 Å². The van der Waals surface area contributed by atoms with Gasteiger partial charge < -0.3 is 10.1 Å². The number of ether oxygens (including phenoxy) is 1. The van der Waals surface area contributed by atoms with Gasteiger partial charge in [-0.3, -0.25) is 0 Å². The van der Waals surface area contributed by atoms with E-state index in [1.807, 2.05) is 19.1 Å². The molecule has 0 spiro atoms. The van der Waals surface area contributed by atoms with Gasteiger partial charge in [-0.1, -0.05) is 22.9 Å². The topological polar surface area (TPSA) is 51.2 Å². The molecule has 2 rings (SSSR count). The summed E-state index contributed by atoms with van der Waals surface area (Å²) in [6.45, 7) is 3.96. The van der Waals surface area contributed by atoms with Crippen LogP contribution in [-0.4, -0.2) is 18.1 Å². The Balaban J connectivity index is 2.29. The van der Waals surface area contributed by atoms with Gasteiger partial charge in [0, 0.05) is 15.0 Å². The summed E-state index contributed by atoms with van der Waals surface area (Å²) >= 11 is 4.91. The minimum Gasteiger partial charge on any atom is -0.464 e. The number of methoxy groups -OCH3 is 1. The van der Waals surface area contributed by atoms with E-state index in [9.17, 15) is 4.79 Å². The third kappa shape index (κ3) is 3.19. The highest BCUT2D eigenvalue weighted by atomic mass is 79.9. The molecule has 0 saturated carbocycles. The molecule has 1 aromatic carbocycles. The highest BCUT2D eigenvalue weighted by Crippen LogP contribution is 2.29. The zero-order chi connectivity index (χ0) is 14.7. The molecule has 1 heterocycles. The van der Waals surface area contributed by atoms with Gasteiger partial charge in [-0.05, 0) is 37.1 Å². The van der Waals surface area contributed by atoms with Crippen LogP contribution >= 0.6 is 27.3 Å². The van der Waals surface area contributed by atoms with E-state index in [0.29, 0.717) is 10.8 Å². The van der Waals surface area contributed by atoms with Gasteiger partial charge in [0.1, 0.15) is 0 Å². The van der Waals surface area contributed by atoms with Crippen molar-refractivity contribution in [1.29, 1.82) is 0 Å². The Morgan fingerprint density at radius 2 is 2.25 bits per heavy atom. The number of thiazole rings is 1. The zero-order valence-corrected chi connectivity index (χ0v) is 13.9. The Morgan fingerprint density at radius 1 is 1.50 bits per heavy atom. The molecule has 0 aliphatic rings. The lowest BCUT2D eigenvalue weighted by molar-refractivity contribution is 0.0594. The fourth-order valence-corrected chi connectivity index (χ4v) is 3.05. The van der Waals surface area contributed by atoms with Gasteiger partial charge >= 0.3 is 5.97 Å². The molecule has 0 bridgehead atoms. The number of esters is 1. The van der Waals surface area contributed by atoms with E-state index in [4.69, 9.17) is 4.74 Å². The van der Waals surface area contributed by atoms with Crippen molar-refractivity contribution in [2.24, 2.45) is 0 Å². The first-order chi connectivity index (χ1) is 9.55. The van der Waals surface area contributed by atoms with Crippen LogP contribution in [0, 0.1) is 6.92 Å². The Labute approximate surface area is 130 Å². The number of aromatic nitrogens is 1. The van der Waals surface area contributed by atoms with Gasteiger partial charge in [0.25, 0.3) is 0 Å². The first kappa shape index (κ1) is 15.0. The van der Waals surface area contributed by atoms with E-state index in [-0.39, 0.29) is 0 Å². The van der Waals surface area contributed by atoms with E-state index >= 15 is 0 Å². The normalized spacial score (nSPS) is 10.4. The quantitative estimate of drug-likeness (QED) is 0.831. The van der Waals surface area contributed by atoms with Gasteiger partial charge in [0.05, 0.1) is 7.11 Å². The minimum absolute atomic E-state index is 0.371. The van der Waals surface area contributed by atoms with Crippen LogP contribution in [0.3, 0.4) is 0 Å². The van der Waals surface area contributed by atoms with Crippen molar-refractivity contribution in [2.75, 3.05) is 12.4 Å². The predicted octanol–water partition coefficient (Wildman–Crippen LogP) is 4.31. The molecule has 1 N–H and O–H groups in total. The highest BCUT2D eigenvalue weighted by Gasteiger charge is 2.16. The van der Waals surface area contributed by atoms with Crippen LogP contribution in [0.15, 0.2) is 22.7 Å². The summed E-state index contributed by atoms with van der Waals surface area (Å²) in [4.78, 5) is 16.7. The lowest BCUT2D eigenvalue weighted by Crippen LogP contribution is -2.03. The largest absolute Gasteiger partial charge is 0.464 e. The van der Waals surface area contributed by atoms with Crippen molar-refractivity contribution in [1.82, 2.24) is 4.98 Å². The molecule has 0 amide bonds. The molecule has 0 atom stereocenters. The van der Waals surface area contributed by atoms with Gasteiger partial charge in [-0.2, -0.15) is 0 Å². The zero-order valence-electron chi connectivity index (χ0n) is 11.5. The van der Waals surface area contributed by atoms with Crippen LogP contribution in [0.1, 0.15) is 27.9 Å². The maximum Gasteiger partial charge on any atom is 0.357 e. The lowest BCUT2D eigenvalue weighted by atomic mass is 10.1. The second-order valence-corrected chi connectivity index (χ2v) is 6.31. The summed E-state index contributed by atoms with van der Waals surface area (Å²) in [5, 5.41) is 3.96. The number of halogens is 1. The Morgan fingerprint density at radius 3 is 2.90 bits per heavy atom. The summed E-state index contributed by atoms with van der Waals surface area (Å²) in [5.41, 5.74) is 2.56. The number of nitrogens with zero attached hydrogens (tertiary/aromatic N) is 1. The van der Waals surface area contributed by atoms with E-state index < -0.39 is 5.97 Å². The van der Waals surface area contributed by atoms with E-state index in [1.54, 1.807) is 0 Å². The second kappa shape index (κ2) is 6.37. The van der Waals surface area contributed by atoms with Crippen molar-refractivity contribution in [3.63, 3.8) is 0 Å². The van der Waals surface area contributed by atoms with Crippen molar-refractivity contribution in [3.05, 3.63) is 38.8 Å². The molecular formula is C14H15BrN2O2S. The number of carbonyl (C=O) groups is 1. The molecule has 6 heteroatoms. The number of nitrogens with one attached hydrogen (secondary N) is 1. The Bertz CT molecular complexity index is 640. The maximum absolute atomic E-state index is 11.6. The molecule has 0 aliphatic carbocycles. The molecule has 0 fully saturated rings. The maximum atomic E-state index is 11.6. The van der Waals surface area contributed by atoms with Gasteiger partial charge in [0.2, 0.25) is 0 Å². The third-order valence-corrected chi connectivity index (χ3v) is 4.24. The van der Waals surface area contributed by atoms with Crippen LogP contribution in [0.5, 0.6) is 0 Å². The fourth-order valence-electron chi connectivity index (χ4n) is 1.83. The Hall–Kier alpha value is -1.40. The van der Waals surface area contributed by atoms with E-state index in [0.717, 1.165) is 21.5 Å². The number of rotatable bonds is 4. The summed E-state index contributed by atoms with van der Waals surface area (Å²) < 4.78 is 5.76. The first-order valence-electron chi connectivity index (χ1n) is 6.16. The van der Waals surface area contributed by atoms with E-state index in [1.165, 1.54) is 24.0 Å². The predicted molar refractivity (Wildman–Crippen MR) is 85.0 cm³/mol. The van der Waals surface area contributed by atoms with Crippen molar-refractivity contribution >= 4 is 44.1 Å². The molecule has 106 valence electrons. The molecule has 20 heavy (non-hydrogen) atoms. The molecule has 0 unspecified atom stereocenters. The fraction of sp³-hybridized carbons (Fsp3) is 0.286. The van der Waals surface area contributed by atoms with Crippen LogP contribution < -0.4 is 5.32 Å². The third-order valence-electron chi connectivity index (χ3n) is 2.87. The van der Waals surface area contributed by atoms with E-state index in [2.05, 4.69) is 39.2 Å². The lowest BCUT2D eigenvalue weighted by Gasteiger charge is -2.08. The molecule has 0 saturated heterocycles. The van der Waals surface area contributed by atoms with Gasteiger partial charge in [-0.15, -0.1) is 11.3 Å². The summed E-state index contributed by atoms with van der Waals surface area (Å²) in [5.74, 6) is -0.404. The van der Waals surface area contributed by atoms with Crippen LogP contribution in [-0.2, 0) is 11.2 Å². The summed E-state index contributed by atoms with van der Waals surface area (Å²) in [6, 6.07) is 6.05. The average molecular weight is 355 g/mol. The minimum atomic E-state index is -0.404. The molecule has 0 radical (unpaired) electrons. The summed E-state index contributed by atoms with van der Waals surface area (Å²) in [6.07, 6.45) is 0.913. The monoisotopic (exact) mass is 354 g/mol. The number of hydrogen-bond acceptors (Lipinski definition) is 5. The second-order valence-electron chi connectivity index (χ2n) is 4.20. The van der Waals surface area contributed by atoms with Gasteiger partial charge in [0.15, 0.2) is 10.8 Å². The van der Waals surface area contributed by atoms with Crippen LogP contribution in [0.25, 0.3) is 0 Å².